The Balaban J connectivity index is 2.22. The monoisotopic (exact) mass is 242 g/mol. The van der Waals surface area contributed by atoms with E-state index in [9.17, 15) is 0 Å². The Kier molecular flexibility index (Phi) is 3.10. The molecule has 80 valence electrons. The van der Waals surface area contributed by atoms with Crippen molar-refractivity contribution in [3.63, 3.8) is 0 Å². The molecule has 1 fully saturated rings. The Morgan fingerprint density at radius 1 is 1.73 bits per heavy atom. The highest BCUT2D eigenvalue weighted by Gasteiger charge is 2.26. The van der Waals surface area contributed by atoms with Gasteiger partial charge >= 0.3 is 0 Å². The molecule has 2 heterocycles. The molecule has 0 radical (unpaired) electrons. The summed E-state index contributed by atoms with van der Waals surface area (Å²) < 4.78 is 0. The Morgan fingerprint density at radius 3 is 2.87 bits per heavy atom. The summed E-state index contributed by atoms with van der Waals surface area (Å²) in [6.45, 7) is 4.93. The van der Waals surface area contributed by atoms with E-state index in [1.807, 2.05) is 0 Å². The lowest BCUT2D eigenvalue weighted by atomic mass is 10.1. The van der Waals surface area contributed by atoms with Gasteiger partial charge in [-0.3, -0.25) is 0 Å². The molecule has 0 aliphatic carbocycles. The van der Waals surface area contributed by atoms with Crippen LogP contribution >= 0.6 is 22.9 Å². The van der Waals surface area contributed by atoms with E-state index in [4.69, 9.17) is 16.9 Å². The molecule has 0 aromatic carbocycles. The van der Waals surface area contributed by atoms with Crippen molar-refractivity contribution in [2.75, 3.05) is 24.5 Å². The number of nitrogens with zero attached hydrogens (tertiary/aromatic N) is 3. The summed E-state index contributed by atoms with van der Waals surface area (Å²) in [4.78, 5) is 6.90. The van der Waals surface area contributed by atoms with Gasteiger partial charge in [-0.25, -0.2) is 4.98 Å². The molecule has 6 heteroatoms. The summed E-state index contributed by atoms with van der Waals surface area (Å²) in [5.41, 5.74) is 0. The van der Waals surface area contributed by atoms with Gasteiger partial charge in [0, 0.05) is 19.6 Å². The van der Waals surface area contributed by atoms with Crippen molar-refractivity contribution in [2.45, 2.75) is 13.0 Å². The number of aromatic nitrogens is 1. The largest absolute Gasteiger partial charge is 0.343 e. The fourth-order valence-electron chi connectivity index (χ4n) is 1.53. The number of hydrogen-bond donors (Lipinski definition) is 1. The van der Waals surface area contributed by atoms with Gasteiger partial charge < -0.3 is 10.2 Å². The van der Waals surface area contributed by atoms with E-state index in [-0.39, 0.29) is 0 Å². The number of rotatable bonds is 3. The first-order chi connectivity index (χ1) is 7.26. The van der Waals surface area contributed by atoms with Crippen molar-refractivity contribution in [1.82, 2.24) is 10.3 Å². The number of anilines is 1. The molecule has 1 saturated heterocycles. The van der Waals surface area contributed by atoms with Crippen LogP contribution in [-0.2, 0) is 0 Å². The minimum atomic E-state index is 0.322. The molecule has 2 rings (SSSR count). The lowest BCUT2D eigenvalue weighted by molar-refractivity contribution is 0.417. The third kappa shape index (κ3) is 1.93. The van der Waals surface area contributed by atoms with Crippen LogP contribution in [0, 0.1) is 11.3 Å². The Hall–Kier alpha value is -0.830. The molecule has 0 amide bonds. The summed E-state index contributed by atoms with van der Waals surface area (Å²) >= 11 is 7.21. The van der Waals surface area contributed by atoms with Gasteiger partial charge in [-0.15, -0.1) is 0 Å². The van der Waals surface area contributed by atoms with Crippen LogP contribution in [0.2, 0.25) is 5.15 Å². The highest BCUT2D eigenvalue weighted by Crippen LogP contribution is 2.30. The first-order valence-corrected chi connectivity index (χ1v) is 5.99. The van der Waals surface area contributed by atoms with Crippen LogP contribution in [0.5, 0.6) is 0 Å². The first kappa shape index (κ1) is 10.7. The van der Waals surface area contributed by atoms with Crippen molar-refractivity contribution in [3.05, 3.63) is 10.0 Å². The van der Waals surface area contributed by atoms with Gasteiger partial charge in [-0.1, -0.05) is 22.9 Å². The Morgan fingerprint density at radius 2 is 2.47 bits per heavy atom. The van der Waals surface area contributed by atoms with E-state index in [0.717, 1.165) is 24.8 Å². The van der Waals surface area contributed by atoms with Crippen molar-refractivity contribution >= 4 is 28.1 Å². The first-order valence-electron chi connectivity index (χ1n) is 4.80. The Bertz CT molecular complexity index is 393. The van der Waals surface area contributed by atoms with Crippen LogP contribution in [0.3, 0.4) is 0 Å². The lowest BCUT2D eigenvalue weighted by Gasteiger charge is -2.37. The fraction of sp³-hybridized carbons (Fsp3) is 0.556. The number of halogens is 1. The maximum Gasteiger partial charge on any atom is 0.188 e. The van der Waals surface area contributed by atoms with Crippen LogP contribution in [-0.4, -0.2) is 30.7 Å². The summed E-state index contributed by atoms with van der Waals surface area (Å²) in [5, 5.41) is 13.2. The molecule has 1 N–H and O–H groups in total. The molecular formula is C9H11ClN4S. The normalized spacial score (nSPS) is 15.8. The van der Waals surface area contributed by atoms with Gasteiger partial charge in [0.25, 0.3) is 0 Å². The second-order valence-electron chi connectivity index (χ2n) is 3.33. The van der Waals surface area contributed by atoms with Gasteiger partial charge in [-0.2, -0.15) is 5.26 Å². The molecule has 1 aromatic rings. The average molecular weight is 243 g/mol. The predicted molar refractivity (Wildman–Crippen MR) is 61.5 cm³/mol. The predicted octanol–water partition coefficient (Wildman–Crippen LogP) is 1.47. The molecule has 0 atom stereocenters. The van der Waals surface area contributed by atoms with Crippen molar-refractivity contribution in [3.8, 4) is 6.07 Å². The second-order valence-corrected chi connectivity index (χ2v) is 4.66. The average Bonchev–Trinajstić information content (AvgIpc) is 2.52. The number of hydrogen-bond acceptors (Lipinski definition) is 5. The van der Waals surface area contributed by atoms with Crippen LogP contribution in [0.15, 0.2) is 0 Å². The molecule has 1 aliphatic rings. The number of likely N-dealkylation sites (N-methyl/N-ethyl adjacent to an activating group) is 1. The minimum Gasteiger partial charge on any atom is -0.343 e. The van der Waals surface area contributed by atoms with E-state index in [2.05, 4.69) is 28.2 Å². The van der Waals surface area contributed by atoms with Gasteiger partial charge in [0.15, 0.2) is 10.3 Å². The highest BCUT2D eigenvalue weighted by atomic mass is 35.5. The third-order valence-corrected chi connectivity index (χ3v) is 3.85. The smallest absolute Gasteiger partial charge is 0.188 e. The van der Waals surface area contributed by atoms with Crippen LogP contribution in [0.1, 0.15) is 11.8 Å². The van der Waals surface area contributed by atoms with Crippen molar-refractivity contribution in [1.29, 1.82) is 5.26 Å². The maximum atomic E-state index is 8.80. The lowest BCUT2D eigenvalue weighted by Crippen LogP contribution is -2.57. The Labute approximate surface area is 97.5 Å². The van der Waals surface area contributed by atoms with Crippen molar-refractivity contribution in [2.24, 2.45) is 0 Å². The summed E-state index contributed by atoms with van der Waals surface area (Å²) in [6.07, 6.45) is 0. The SMILES string of the molecule is CCN(c1nc(Cl)c(C#N)s1)C1CNC1. The molecular weight excluding hydrogens is 232 g/mol. The summed E-state index contributed by atoms with van der Waals surface area (Å²) in [6, 6.07) is 2.54. The van der Waals surface area contributed by atoms with Gasteiger partial charge in [-0.05, 0) is 6.92 Å². The zero-order chi connectivity index (χ0) is 10.8. The molecule has 1 aromatic heterocycles. The molecule has 4 nitrogen and oxygen atoms in total. The quantitative estimate of drug-likeness (QED) is 0.872. The maximum absolute atomic E-state index is 8.80. The molecule has 0 unspecified atom stereocenters. The van der Waals surface area contributed by atoms with E-state index in [1.54, 1.807) is 0 Å². The van der Waals surface area contributed by atoms with Gasteiger partial charge in [0.05, 0.1) is 6.04 Å². The minimum absolute atomic E-state index is 0.322. The zero-order valence-corrected chi connectivity index (χ0v) is 9.90. The third-order valence-electron chi connectivity index (χ3n) is 2.46. The second kappa shape index (κ2) is 4.35. The zero-order valence-electron chi connectivity index (χ0n) is 8.33. The molecule has 0 bridgehead atoms. The summed E-state index contributed by atoms with van der Waals surface area (Å²) in [7, 11) is 0. The molecule has 15 heavy (non-hydrogen) atoms. The molecule has 1 aliphatic heterocycles. The van der Waals surface area contributed by atoms with E-state index in [0.29, 0.717) is 16.1 Å². The topological polar surface area (TPSA) is 52.0 Å². The number of nitriles is 1. The number of nitrogens with one attached hydrogen (secondary N) is 1. The van der Waals surface area contributed by atoms with Gasteiger partial charge in [0.1, 0.15) is 10.9 Å². The molecule has 0 spiro atoms. The fourth-order valence-corrected chi connectivity index (χ4v) is 2.70. The van der Waals surface area contributed by atoms with Crippen molar-refractivity contribution < 1.29 is 0 Å². The van der Waals surface area contributed by atoms with Crippen LogP contribution < -0.4 is 10.2 Å². The highest BCUT2D eigenvalue weighted by molar-refractivity contribution is 7.16. The standard InChI is InChI=1S/C9H11ClN4S/c1-2-14(6-4-12-5-6)9-13-8(10)7(3-11)15-9/h6,12H,2,4-5H2,1H3. The number of thiazole rings is 1. The van der Waals surface area contributed by atoms with E-state index >= 15 is 0 Å². The van der Waals surface area contributed by atoms with Crippen LogP contribution in [0.25, 0.3) is 0 Å². The van der Waals surface area contributed by atoms with Crippen LogP contribution in [0.4, 0.5) is 5.13 Å². The van der Waals surface area contributed by atoms with Gasteiger partial charge in [0.2, 0.25) is 0 Å². The van der Waals surface area contributed by atoms with E-state index < -0.39 is 0 Å². The van der Waals surface area contributed by atoms with E-state index in [1.165, 1.54) is 11.3 Å². The molecule has 0 saturated carbocycles. The summed E-state index contributed by atoms with van der Waals surface area (Å²) in [5.74, 6) is 0.